The number of imidazole rings is 1. The van der Waals surface area contributed by atoms with Gasteiger partial charge in [0, 0.05) is 23.4 Å². The molecule has 0 fully saturated rings. The number of benzene rings is 1. The maximum atomic E-state index is 14.1. The van der Waals surface area contributed by atoms with Crippen LogP contribution in [0.15, 0.2) is 22.7 Å². The molecule has 0 saturated heterocycles. The first-order valence-corrected chi connectivity index (χ1v) is 8.30. The Kier molecular flexibility index (Phi) is 5.51. The smallest absolute Gasteiger partial charge is 0.178 e. The molecule has 0 aliphatic heterocycles. The van der Waals surface area contributed by atoms with Crippen molar-refractivity contribution < 1.29 is 9.18 Å². The SMILES string of the molecule is CCCc1nc(CC)c(C(C)=O)n1Cc1ccc(Br)cc1F. The molecule has 2 aromatic rings. The number of hydrogen-bond acceptors (Lipinski definition) is 2. The number of hydrogen-bond donors (Lipinski definition) is 0. The second kappa shape index (κ2) is 7.18. The Labute approximate surface area is 138 Å². The molecular weight excluding hydrogens is 347 g/mol. The summed E-state index contributed by atoms with van der Waals surface area (Å²) in [4.78, 5) is 16.6. The summed E-state index contributed by atoms with van der Waals surface area (Å²) >= 11 is 3.26. The van der Waals surface area contributed by atoms with Crippen LogP contribution in [0.25, 0.3) is 0 Å². The zero-order chi connectivity index (χ0) is 16.3. The molecule has 1 heterocycles. The van der Waals surface area contributed by atoms with Crippen LogP contribution in [0.5, 0.6) is 0 Å². The molecule has 0 N–H and O–H groups in total. The Balaban J connectivity index is 2.51. The number of ketones is 1. The van der Waals surface area contributed by atoms with Crippen molar-refractivity contribution in [3.63, 3.8) is 0 Å². The van der Waals surface area contributed by atoms with E-state index in [2.05, 4.69) is 27.8 Å². The van der Waals surface area contributed by atoms with E-state index < -0.39 is 0 Å². The van der Waals surface area contributed by atoms with Crippen LogP contribution in [0.3, 0.4) is 0 Å². The molecule has 0 spiro atoms. The van der Waals surface area contributed by atoms with Crippen molar-refractivity contribution in [2.45, 2.75) is 46.6 Å². The molecule has 22 heavy (non-hydrogen) atoms. The Morgan fingerprint density at radius 1 is 1.36 bits per heavy atom. The highest BCUT2D eigenvalue weighted by molar-refractivity contribution is 9.10. The normalized spacial score (nSPS) is 11.0. The van der Waals surface area contributed by atoms with E-state index in [9.17, 15) is 9.18 Å². The van der Waals surface area contributed by atoms with E-state index in [4.69, 9.17) is 0 Å². The second-order valence-corrected chi connectivity index (χ2v) is 6.22. The second-order valence-electron chi connectivity index (χ2n) is 5.30. The molecule has 0 aliphatic carbocycles. The molecule has 0 amide bonds. The molecule has 2 rings (SSSR count). The third-order valence-electron chi connectivity index (χ3n) is 3.60. The Hall–Kier alpha value is -1.49. The van der Waals surface area contributed by atoms with E-state index in [-0.39, 0.29) is 11.6 Å². The van der Waals surface area contributed by atoms with Crippen molar-refractivity contribution in [3.05, 3.63) is 51.3 Å². The lowest BCUT2D eigenvalue weighted by Crippen LogP contribution is -2.13. The van der Waals surface area contributed by atoms with Gasteiger partial charge in [-0.25, -0.2) is 9.37 Å². The number of halogens is 2. The molecule has 0 aliphatic rings. The summed E-state index contributed by atoms with van der Waals surface area (Å²) in [6.45, 7) is 5.92. The number of Topliss-reactive ketones (excluding diaryl/α,β-unsaturated/α-hetero) is 1. The van der Waals surface area contributed by atoms with Gasteiger partial charge < -0.3 is 4.57 Å². The van der Waals surface area contributed by atoms with Crippen LogP contribution in [0.4, 0.5) is 4.39 Å². The first-order chi connectivity index (χ1) is 10.5. The predicted octanol–water partition coefficient (Wildman–Crippen LogP) is 4.55. The lowest BCUT2D eigenvalue weighted by atomic mass is 10.1. The summed E-state index contributed by atoms with van der Waals surface area (Å²) in [7, 11) is 0. The molecule has 0 bridgehead atoms. The van der Waals surface area contributed by atoms with Crippen LogP contribution in [0.1, 0.15) is 54.8 Å². The van der Waals surface area contributed by atoms with Gasteiger partial charge in [0.25, 0.3) is 0 Å². The van der Waals surface area contributed by atoms with Crippen LogP contribution in [-0.2, 0) is 19.4 Å². The minimum atomic E-state index is -0.280. The van der Waals surface area contributed by atoms with Gasteiger partial charge in [0.05, 0.1) is 12.2 Å². The van der Waals surface area contributed by atoms with Crippen LogP contribution < -0.4 is 0 Å². The third-order valence-corrected chi connectivity index (χ3v) is 4.10. The lowest BCUT2D eigenvalue weighted by Gasteiger charge is -2.12. The predicted molar refractivity (Wildman–Crippen MR) is 88.8 cm³/mol. The summed E-state index contributed by atoms with van der Waals surface area (Å²) < 4.78 is 16.7. The quantitative estimate of drug-likeness (QED) is 0.702. The fraction of sp³-hybridized carbons (Fsp3) is 0.412. The zero-order valence-electron chi connectivity index (χ0n) is 13.1. The van der Waals surface area contributed by atoms with Crippen molar-refractivity contribution >= 4 is 21.7 Å². The van der Waals surface area contributed by atoms with Crippen LogP contribution in [0.2, 0.25) is 0 Å². The van der Waals surface area contributed by atoms with Gasteiger partial charge in [-0.15, -0.1) is 0 Å². The zero-order valence-corrected chi connectivity index (χ0v) is 14.7. The van der Waals surface area contributed by atoms with E-state index >= 15 is 0 Å². The van der Waals surface area contributed by atoms with Crippen LogP contribution in [0, 0.1) is 5.82 Å². The molecule has 118 valence electrons. The first kappa shape index (κ1) is 16.9. The molecule has 1 aromatic heterocycles. The monoisotopic (exact) mass is 366 g/mol. The number of aryl methyl sites for hydroxylation is 2. The summed E-state index contributed by atoms with van der Waals surface area (Å²) in [5.74, 6) is 0.550. The number of carbonyl (C=O) groups excluding carboxylic acids is 1. The van der Waals surface area contributed by atoms with E-state index in [1.165, 1.54) is 6.07 Å². The molecule has 3 nitrogen and oxygen atoms in total. The van der Waals surface area contributed by atoms with Gasteiger partial charge in [-0.05, 0) is 25.0 Å². The largest absolute Gasteiger partial charge is 0.321 e. The fourth-order valence-corrected chi connectivity index (χ4v) is 2.93. The number of nitrogens with zero attached hydrogens (tertiary/aromatic N) is 2. The third kappa shape index (κ3) is 3.46. The minimum Gasteiger partial charge on any atom is -0.321 e. The summed E-state index contributed by atoms with van der Waals surface area (Å²) in [6.07, 6.45) is 2.40. The molecule has 0 unspecified atom stereocenters. The van der Waals surface area contributed by atoms with Gasteiger partial charge in [0.15, 0.2) is 5.78 Å². The average Bonchev–Trinajstić information content (AvgIpc) is 2.80. The van der Waals surface area contributed by atoms with Crippen molar-refractivity contribution in [1.29, 1.82) is 0 Å². The van der Waals surface area contributed by atoms with Crippen molar-refractivity contribution in [2.24, 2.45) is 0 Å². The van der Waals surface area contributed by atoms with Gasteiger partial charge in [-0.2, -0.15) is 0 Å². The summed E-state index contributed by atoms with van der Waals surface area (Å²) in [6, 6.07) is 4.99. The molecule has 0 atom stereocenters. The number of carbonyl (C=O) groups is 1. The molecule has 5 heteroatoms. The van der Waals surface area contributed by atoms with Gasteiger partial charge in [-0.1, -0.05) is 35.8 Å². The van der Waals surface area contributed by atoms with Gasteiger partial charge in [-0.3, -0.25) is 4.79 Å². The lowest BCUT2D eigenvalue weighted by molar-refractivity contribution is 0.100. The highest BCUT2D eigenvalue weighted by Crippen LogP contribution is 2.21. The highest BCUT2D eigenvalue weighted by atomic mass is 79.9. The standard InChI is InChI=1S/C17H20BrFN2O/c1-4-6-16-20-15(5-2)17(11(3)22)21(16)10-12-7-8-13(18)9-14(12)19/h7-9H,4-6,10H2,1-3H3. The maximum absolute atomic E-state index is 14.1. The number of aromatic nitrogens is 2. The van der Waals surface area contributed by atoms with Crippen molar-refractivity contribution in [3.8, 4) is 0 Å². The van der Waals surface area contributed by atoms with E-state index in [1.807, 2.05) is 17.6 Å². The highest BCUT2D eigenvalue weighted by Gasteiger charge is 2.20. The van der Waals surface area contributed by atoms with Crippen molar-refractivity contribution in [2.75, 3.05) is 0 Å². The van der Waals surface area contributed by atoms with Crippen molar-refractivity contribution in [1.82, 2.24) is 9.55 Å². The molecule has 0 saturated carbocycles. The van der Waals surface area contributed by atoms with Gasteiger partial charge in [0.1, 0.15) is 17.3 Å². The van der Waals surface area contributed by atoms with Crippen LogP contribution >= 0.6 is 15.9 Å². The van der Waals surface area contributed by atoms with E-state index in [0.29, 0.717) is 28.7 Å². The topological polar surface area (TPSA) is 34.9 Å². The van der Waals surface area contributed by atoms with Gasteiger partial charge in [0.2, 0.25) is 0 Å². The molecular formula is C17H20BrFN2O. The van der Waals surface area contributed by atoms with Crippen LogP contribution in [-0.4, -0.2) is 15.3 Å². The molecule has 0 radical (unpaired) electrons. The number of rotatable bonds is 6. The minimum absolute atomic E-state index is 0.0239. The van der Waals surface area contributed by atoms with E-state index in [1.54, 1.807) is 13.0 Å². The maximum Gasteiger partial charge on any atom is 0.178 e. The summed E-state index contributed by atoms with van der Waals surface area (Å²) in [5, 5.41) is 0. The Morgan fingerprint density at radius 2 is 2.09 bits per heavy atom. The first-order valence-electron chi connectivity index (χ1n) is 7.51. The summed E-state index contributed by atoms with van der Waals surface area (Å²) in [5.41, 5.74) is 1.96. The average molecular weight is 367 g/mol. The fourth-order valence-electron chi connectivity index (χ4n) is 2.60. The Morgan fingerprint density at radius 3 is 2.64 bits per heavy atom. The van der Waals surface area contributed by atoms with E-state index in [0.717, 1.165) is 24.4 Å². The van der Waals surface area contributed by atoms with Gasteiger partial charge >= 0.3 is 0 Å². The Bertz CT molecular complexity index is 694. The molecule has 1 aromatic carbocycles.